The number of carbonyl (C=O) groups excluding carboxylic acids is 2. The first-order valence-corrected chi connectivity index (χ1v) is 11.3. The lowest BCUT2D eigenvalue weighted by Crippen LogP contribution is -2.38. The molecule has 2 aromatic carbocycles. The van der Waals surface area contributed by atoms with Crippen molar-refractivity contribution in [3.63, 3.8) is 0 Å². The normalized spacial score (nSPS) is 13.0. The molecule has 0 unspecified atom stereocenters. The Morgan fingerprint density at radius 2 is 2.00 bits per heavy atom. The molecule has 6 heteroatoms. The van der Waals surface area contributed by atoms with E-state index in [1.54, 1.807) is 11.8 Å². The molecule has 0 bridgehead atoms. The molecular weight excluding hydrogens is 394 g/mol. The van der Waals surface area contributed by atoms with Crippen molar-refractivity contribution in [3.8, 4) is 0 Å². The molecule has 0 aliphatic carbocycles. The van der Waals surface area contributed by atoms with Gasteiger partial charge in [0, 0.05) is 34.5 Å². The van der Waals surface area contributed by atoms with E-state index < -0.39 is 0 Å². The predicted molar refractivity (Wildman–Crippen MR) is 126 cm³/mol. The molecular formula is C24H29N3O2S. The van der Waals surface area contributed by atoms with Gasteiger partial charge in [-0.1, -0.05) is 24.3 Å². The van der Waals surface area contributed by atoms with Crippen molar-refractivity contribution in [3.05, 3.63) is 66.2 Å². The maximum absolute atomic E-state index is 12.8. The SMILES string of the molecule is C=CCSc1ccccc1NC(=O)CN1CCCc2c(C(=O)NC(C)C)cccc21. The third-order valence-corrected chi connectivity index (χ3v) is 5.93. The van der Waals surface area contributed by atoms with Crippen LogP contribution in [0.5, 0.6) is 0 Å². The Morgan fingerprint density at radius 3 is 2.77 bits per heavy atom. The van der Waals surface area contributed by atoms with E-state index >= 15 is 0 Å². The van der Waals surface area contributed by atoms with Gasteiger partial charge in [0.1, 0.15) is 0 Å². The van der Waals surface area contributed by atoms with Crippen molar-refractivity contribution in [2.45, 2.75) is 37.6 Å². The molecule has 0 saturated heterocycles. The second-order valence-corrected chi connectivity index (χ2v) is 8.66. The van der Waals surface area contributed by atoms with Gasteiger partial charge in [-0.2, -0.15) is 0 Å². The molecule has 158 valence electrons. The zero-order valence-corrected chi connectivity index (χ0v) is 18.4. The quantitative estimate of drug-likeness (QED) is 0.485. The summed E-state index contributed by atoms with van der Waals surface area (Å²) in [4.78, 5) is 28.5. The number of hydrogen-bond donors (Lipinski definition) is 2. The molecule has 1 aliphatic rings. The van der Waals surface area contributed by atoms with Crippen LogP contribution in [-0.4, -0.2) is 36.7 Å². The molecule has 0 radical (unpaired) electrons. The first-order chi connectivity index (χ1) is 14.5. The van der Waals surface area contributed by atoms with Gasteiger partial charge >= 0.3 is 0 Å². The van der Waals surface area contributed by atoms with Crippen molar-refractivity contribution in [1.82, 2.24) is 5.32 Å². The van der Waals surface area contributed by atoms with Gasteiger partial charge in [-0.3, -0.25) is 9.59 Å². The first-order valence-electron chi connectivity index (χ1n) is 10.3. The number of benzene rings is 2. The average Bonchev–Trinajstić information content (AvgIpc) is 2.72. The fourth-order valence-electron chi connectivity index (χ4n) is 3.63. The Balaban J connectivity index is 1.74. The number of nitrogens with one attached hydrogen (secondary N) is 2. The minimum absolute atomic E-state index is 0.0543. The van der Waals surface area contributed by atoms with E-state index in [0.717, 1.165) is 47.0 Å². The second kappa shape index (κ2) is 10.3. The van der Waals surface area contributed by atoms with Gasteiger partial charge in [-0.25, -0.2) is 0 Å². The number of hydrogen-bond acceptors (Lipinski definition) is 4. The van der Waals surface area contributed by atoms with E-state index in [1.165, 1.54) is 0 Å². The lowest BCUT2D eigenvalue weighted by Gasteiger charge is -2.32. The second-order valence-electron chi connectivity index (χ2n) is 7.60. The van der Waals surface area contributed by atoms with Crippen LogP contribution in [0.3, 0.4) is 0 Å². The minimum Gasteiger partial charge on any atom is -0.362 e. The summed E-state index contributed by atoms with van der Waals surface area (Å²) in [5.41, 5.74) is 3.52. The highest BCUT2D eigenvalue weighted by Crippen LogP contribution is 2.31. The third-order valence-electron chi connectivity index (χ3n) is 4.86. The molecule has 1 heterocycles. The van der Waals surface area contributed by atoms with Crippen molar-refractivity contribution < 1.29 is 9.59 Å². The van der Waals surface area contributed by atoms with E-state index in [4.69, 9.17) is 0 Å². The molecule has 0 spiro atoms. The third kappa shape index (κ3) is 5.45. The lowest BCUT2D eigenvalue weighted by atomic mass is 9.95. The average molecular weight is 424 g/mol. The van der Waals surface area contributed by atoms with Gasteiger partial charge in [0.05, 0.1) is 12.2 Å². The van der Waals surface area contributed by atoms with Gasteiger partial charge in [0.2, 0.25) is 5.91 Å². The predicted octanol–water partition coefficient (Wildman–Crippen LogP) is 4.49. The molecule has 2 aromatic rings. The minimum atomic E-state index is -0.0634. The molecule has 0 saturated carbocycles. The van der Waals surface area contributed by atoms with Gasteiger partial charge in [0.25, 0.3) is 5.91 Å². The Kier molecular flexibility index (Phi) is 7.57. The van der Waals surface area contributed by atoms with Crippen LogP contribution in [0, 0.1) is 0 Å². The van der Waals surface area contributed by atoms with Crippen LogP contribution < -0.4 is 15.5 Å². The Bertz CT molecular complexity index is 926. The summed E-state index contributed by atoms with van der Waals surface area (Å²) in [6, 6.07) is 13.6. The fourth-order valence-corrected chi connectivity index (χ4v) is 4.37. The molecule has 2 N–H and O–H groups in total. The van der Waals surface area contributed by atoms with Crippen LogP contribution in [0.15, 0.2) is 60.0 Å². The number of para-hydroxylation sites is 1. The zero-order chi connectivity index (χ0) is 21.5. The largest absolute Gasteiger partial charge is 0.362 e. The highest BCUT2D eigenvalue weighted by atomic mass is 32.2. The highest BCUT2D eigenvalue weighted by molar-refractivity contribution is 7.99. The molecule has 30 heavy (non-hydrogen) atoms. The van der Waals surface area contributed by atoms with Gasteiger partial charge in [-0.05, 0) is 56.5 Å². The van der Waals surface area contributed by atoms with Gasteiger partial charge in [-0.15, -0.1) is 18.3 Å². The molecule has 0 atom stereocenters. The van der Waals surface area contributed by atoms with Crippen molar-refractivity contribution in [2.24, 2.45) is 0 Å². The molecule has 2 amide bonds. The lowest BCUT2D eigenvalue weighted by molar-refractivity contribution is -0.115. The highest BCUT2D eigenvalue weighted by Gasteiger charge is 2.24. The van der Waals surface area contributed by atoms with Gasteiger partial charge < -0.3 is 15.5 Å². The summed E-state index contributed by atoms with van der Waals surface area (Å²) in [7, 11) is 0. The summed E-state index contributed by atoms with van der Waals surface area (Å²) in [6.45, 7) is 8.71. The Labute approximate surface area is 182 Å². The Morgan fingerprint density at radius 1 is 1.20 bits per heavy atom. The fraction of sp³-hybridized carbons (Fsp3) is 0.333. The van der Waals surface area contributed by atoms with Crippen molar-refractivity contribution in [1.29, 1.82) is 0 Å². The number of amides is 2. The van der Waals surface area contributed by atoms with Crippen LogP contribution in [0.1, 0.15) is 36.2 Å². The molecule has 1 aliphatic heterocycles. The zero-order valence-electron chi connectivity index (χ0n) is 17.6. The monoisotopic (exact) mass is 423 g/mol. The topological polar surface area (TPSA) is 61.4 Å². The summed E-state index contributed by atoms with van der Waals surface area (Å²) in [5, 5.41) is 6.02. The molecule has 3 rings (SSSR count). The maximum atomic E-state index is 12.8. The van der Waals surface area contributed by atoms with Gasteiger partial charge in [0.15, 0.2) is 0 Å². The van der Waals surface area contributed by atoms with E-state index in [9.17, 15) is 9.59 Å². The smallest absolute Gasteiger partial charge is 0.251 e. The standard InChI is InChI=1S/C24H29N3O2S/c1-4-15-30-22-13-6-5-11-20(22)26-23(28)16-27-14-8-10-18-19(9-7-12-21(18)27)24(29)25-17(2)3/h4-7,9,11-13,17H,1,8,10,14-16H2,2-3H3,(H,25,29)(H,26,28). The summed E-state index contributed by atoms with van der Waals surface area (Å²) in [5.74, 6) is 0.668. The maximum Gasteiger partial charge on any atom is 0.251 e. The van der Waals surface area contributed by atoms with Crippen LogP contribution >= 0.6 is 11.8 Å². The number of anilines is 2. The number of rotatable bonds is 8. The summed E-state index contributed by atoms with van der Waals surface area (Å²) < 4.78 is 0. The van der Waals surface area contributed by atoms with Crippen LogP contribution in [0.2, 0.25) is 0 Å². The number of fused-ring (bicyclic) bond motifs is 1. The van der Waals surface area contributed by atoms with E-state index in [0.29, 0.717) is 5.56 Å². The summed E-state index contributed by atoms with van der Waals surface area (Å²) in [6.07, 6.45) is 3.61. The molecule has 0 aromatic heterocycles. The van der Waals surface area contributed by atoms with Crippen LogP contribution in [-0.2, 0) is 11.2 Å². The van der Waals surface area contributed by atoms with Crippen LogP contribution in [0.25, 0.3) is 0 Å². The number of thioether (sulfide) groups is 1. The van der Waals surface area contributed by atoms with E-state index in [1.807, 2.05) is 62.4 Å². The van der Waals surface area contributed by atoms with E-state index in [-0.39, 0.29) is 24.4 Å². The Hall–Kier alpha value is -2.73. The number of carbonyl (C=O) groups is 2. The van der Waals surface area contributed by atoms with E-state index in [2.05, 4.69) is 22.1 Å². The molecule has 5 nitrogen and oxygen atoms in total. The van der Waals surface area contributed by atoms with Crippen molar-refractivity contribution >= 4 is 35.0 Å². The summed E-state index contributed by atoms with van der Waals surface area (Å²) >= 11 is 1.64. The molecule has 0 fully saturated rings. The number of nitrogens with zero attached hydrogens (tertiary/aromatic N) is 1. The first kappa shape index (κ1) is 22.0. The van der Waals surface area contributed by atoms with Crippen LogP contribution in [0.4, 0.5) is 11.4 Å². The van der Waals surface area contributed by atoms with Crippen molar-refractivity contribution in [2.75, 3.05) is 29.1 Å².